The van der Waals surface area contributed by atoms with Crippen molar-refractivity contribution in [2.45, 2.75) is 66.6 Å². The summed E-state index contributed by atoms with van der Waals surface area (Å²) in [4.78, 5) is 31.5. The van der Waals surface area contributed by atoms with Crippen molar-refractivity contribution < 1.29 is 46.9 Å². The lowest BCUT2D eigenvalue weighted by molar-refractivity contribution is -0.134. The van der Waals surface area contributed by atoms with E-state index in [9.17, 15) is 47.5 Å². The molecule has 1 aromatic heterocycles. The molecule has 2 aliphatic heterocycles. The minimum atomic E-state index is -10.1. The van der Waals surface area contributed by atoms with Gasteiger partial charge in [-0.1, -0.05) is 19.4 Å². The number of pyridine rings is 1. The van der Waals surface area contributed by atoms with E-state index in [4.69, 9.17) is 4.74 Å². The van der Waals surface area contributed by atoms with Gasteiger partial charge in [0.15, 0.2) is 11.7 Å². The van der Waals surface area contributed by atoms with Gasteiger partial charge >= 0.3 is 10.2 Å². The minimum absolute atomic E-state index is 0.00605. The van der Waals surface area contributed by atoms with Crippen molar-refractivity contribution in [1.29, 1.82) is 5.26 Å². The predicted octanol–water partition coefficient (Wildman–Crippen LogP) is 5.97. The number of benzene rings is 1. The topological polar surface area (TPSA) is 98.6 Å². The second-order valence-corrected chi connectivity index (χ2v) is 13.4. The second-order valence-electron chi connectivity index (χ2n) is 11.0. The van der Waals surface area contributed by atoms with Crippen molar-refractivity contribution in [2.75, 3.05) is 18.1 Å². The Bertz CT molecular complexity index is 1480. The van der Waals surface area contributed by atoms with Crippen molar-refractivity contribution in [3.05, 3.63) is 54.1 Å². The van der Waals surface area contributed by atoms with Gasteiger partial charge in [-0.3, -0.25) is 24.4 Å². The number of nitrogens with zero attached hydrogens (tertiary/aromatic N) is 4. The monoisotopic (exact) mass is 639 g/mol. The Morgan fingerprint density at radius 1 is 1.12 bits per heavy atom. The number of morpholine rings is 1. The lowest BCUT2D eigenvalue weighted by Crippen LogP contribution is -2.60. The van der Waals surface area contributed by atoms with E-state index in [0.717, 1.165) is 23.4 Å². The van der Waals surface area contributed by atoms with Crippen molar-refractivity contribution in [2.24, 2.45) is 0 Å². The molecule has 43 heavy (non-hydrogen) atoms. The number of aromatic nitrogens is 1. The first-order valence-electron chi connectivity index (χ1n) is 13.1. The molecule has 2 saturated heterocycles. The molecule has 2 bridgehead atoms. The Morgan fingerprint density at radius 2 is 1.77 bits per heavy atom. The highest BCUT2D eigenvalue weighted by Crippen LogP contribution is 3.02. The van der Waals surface area contributed by atoms with Crippen molar-refractivity contribution in [1.82, 2.24) is 15.2 Å². The fourth-order valence-electron chi connectivity index (χ4n) is 5.77. The summed E-state index contributed by atoms with van der Waals surface area (Å²) in [7, 11) is -10.1. The molecule has 3 atom stereocenters. The highest BCUT2D eigenvalue weighted by Gasteiger charge is 2.65. The quantitative estimate of drug-likeness (QED) is 0.296. The molecule has 1 aromatic carbocycles. The smallest absolute Gasteiger partial charge is 0.310 e. The summed E-state index contributed by atoms with van der Waals surface area (Å²) < 4.78 is 115. The van der Waals surface area contributed by atoms with E-state index in [0.29, 0.717) is 17.0 Å². The molecule has 3 heterocycles. The van der Waals surface area contributed by atoms with Crippen LogP contribution in [0.2, 0.25) is 0 Å². The maximum Gasteiger partial charge on any atom is 0.310 e. The molecule has 5 rings (SSSR count). The highest BCUT2D eigenvalue weighted by molar-refractivity contribution is 8.45. The zero-order chi connectivity index (χ0) is 31.5. The van der Waals surface area contributed by atoms with Gasteiger partial charge in [-0.2, -0.15) is 5.26 Å². The summed E-state index contributed by atoms with van der Waals surface area (Å²) in [5.74, 6) is -5.91. The first-order chi connectivity index (χ1) is 19.8. The summed E-state index contributed by atoms with van der Waals surface area (Å²) in [6, 6.07) is -0.563. The molecule has 3 unspecified atom stereocenters. The maximum atomic E-state index is 14.4. The number of halogens is 8. The van der Waals surface area contributed by atoms with E-state index in [-0.39, 0.29) is 50.1 Å². The first-order valence-corrected chi connectivity index (χ1v) is 15.0. The number of anilines is 1. The van der Waals surface area contributed by atoms with Crippen molar-refractivity contribution >= 4 is 27.7 Å². The van der Waals surface area contributed by atoms with Gasteiger partial charge < -0.3 is 10.1 Å². The third-order valence-electron chi connectivity index (χ3n) is 7.94. The number of hydrogen-bond acceptors (Lipinski definition) is 6. The second kappa shape index (κ2) is 9.68. The van der Waals surface area contributed by atoms with Gasteiger partial charge in [-0.05, 0) is 43.2 Å². The number of nitrogens with one attached hydrogen (secondary N) is 1. The summed E-state index contributed by atoms with van der Waals surface area (Å²) >= 11 is 0. The average Bonchev–Trinajstić information content (AvgIpc) is 3.51. The Hall–Kier alpha value is -3.65. The van der Waals surface area contributed by atoms with Crippen LogP contribution in [-0.2, 0) is 14.3 Å². The fourth-order valence-corrected chi connectivity index (χ4v) is 6.42. The van der Waals surface area contributed by atoms with Gasteiger partial charge in [0.05, 0.1) is 25.5 Å². The van der Waals surface area contributed by atoms with Gasteiger partial charge in [-0.25, -0.2) is 13.2 Å². The van der Waals surface area contributed by atoms with Gasteiger partial charge in [-0.15, -0.1) is 0 Å². The molecule has 0 spiro atoms. The van der Waals surface area contributed by atoms with E-state index < -0.39 is 80.9 Å². The van der Waals surface area contributed by atoms with Gasteiger partial charge in [0.2, 0.25) is 11.8 Å². The molecule has 1 saturated carbocycles. The summed E-state index contributed by atoms with van der Waals surface area (Å²) in [5.41, 5.74) is -2.43. The normalized spacial score (nSPS) is 25.7. The zero-order valence-electron chi connectivity index (χ0n) is 22.2. The molecular formula is C26H25F8N5O3S. The molecule has 2 aromatic rings. The number of amides is 2. The number of alkyl halides is 2. The van der Waals surface area contributed by atoms with Crippen LogP contribution in [0.5, 0.6) is 0 Å². The first kappa shape index (κ1) is 30.8. The number of likely N-dealkylation sites (tertiary alicyclic amines) is 1. The van der Waals surface area contributed by atoms with E-state index in [2.05, 4.69) is 10.3 Å². The molecule has 0 radical (unpaired) electrons. The van der Waals surface area contributed by atoms with Crippen LogP contribution in [0, 0.1) is 17.3 Å². The summed E-state index contributed by atoms with van der Waals surface area (Å²) in [5, 5.41) is 12.3. The number of hydrogen-bond donors (Lipinski definition) is 1. The van der Waals surface area contributed by atoms with E-state index >= 15 is 0 Å². The standard InChI is InChI=1S/C26H25F8N5O3S/c27-17-9-16(11-36-12-17)22(23(40)37-18-5-7-26(28,29)8-6-18)39(19-1-3-21(4-2-19)43(30,31,32,33)34)24(41)25-10-20(42-14-25)13-38(25)15-35/h1-4,9,11-12,18,20,22H,5-8,10,13-14H2,(H,37,40). The Morgan fingerprint density at radius 3 is 2.33 bits per heavy atom. The molecule has 3 fully saturated rings. The summed E-state index contributed by atoms with van der Waals surface area (Å²) in [6.07, 6.45) is 1.73. The van der Waals surface area contributed by atoms with Crippen LogP contribution in [0.1, 0.15) is 43.7 Å². The lowest BCUT2D eigenvalue weighted by atomic mass is 9.91. The van der Waals surface area contributed by atoms with E-state index in [1.165, 1.54) is 0 Å². The van der Waals surface area contributed by atoms with Crippen LogP contribution < -0.4 is 10.2 Å². The number of fused-ring (bicyclic) bond motifs is 2. The lowest BCUT2D eigenvalue weighted by Gasteiger charge is -2.42. The van der Waals surface area contributed by atoms with E-state index in [1.54, 1.807) is 0 Å². The van der Waals surface area contributed by atoms with Crippen LogP contribution in [0.4, 0.5) is 38.3 Å². The fraction of sp³-hybridized carbons (Fsp3) is 0.462. The molecular weight excluding hydrogens is 614 g/mol. The van der Waals surface area contributed by atoms with E-state index in [1.807, 2.05) is 6.19 Å². The van der Waals surface area contributed by atoms with Crippen molar-refractivity contribution in [3.63, 3.8) is 0 Å². The van der Waals surface area contributed by atoms with Crippen molar-refractivity contribution in [3.8, 4) is 6.19 Å². The zero-order valence-corrected chi connectivity index (χ0v) is 23.0. The van der Waals surface area contributed by atoms with Crippen LogP contribution in [0.3, 0.4) is 0 Å². The van der Waals surface area contributed by atoms with Gasteiger partial charge in [0, 0.05) is 42.8 Å². The largest absolute Gasteiger partial charge is 0.373 e. The number of carbonyl (C=O) groups is 2. The third kappa shape index (κ3) is 6.07. The molecule has 1 aliphatic carbocycles. The molecule has 2 amide bonds. The molecule has 234 valence electrons. The van der Waals surface area contributed by atoms with Crippen LogP contribution in [0.25, 0.3) is 0 Å². The Labute approximate surface area is 240 Å². The molecule has 3 aliphatic rings. The third-order valence-corrected chi connectivity index (χ3v) is 9.10. The number of carbonyl (C=O) groups excluding carboxylic acids is 2. The molecule has 1 N–H and O–H groups in total. The number of nitriles is 1. The van der Waals surface area contributed by atoms with Crippen LogP contribution >= 0.6 is 10.2 Å². The molecule has 17 heteroatoms. The van der Waals surface area contributed by atoms with Crippen LogP contribution in [0.15, 0.2) is 47.6 Å². The Balaban J connectivity index is 1.62. The van der Waals surface area contributed by atoms with Gasteiger partial charge in [0.25, 0.3) is 5.91 Å². The maximum absolute atomic E-state index is 14.4. The molecule has 8 nitrogen and oxygen atoms in total. The average molecular weight is 640 g/mol. The van der Waals surface area contributed by atoms with Crippen LogP contribution in [-0.4, -0.2) is 58.5 Å². The SMILES string of the molecule is N#CN1CC2CC1(C(=O)N(c1ccc(S(F)(F)(F)(F)F)cc1)C(C(=O)NC1CCC(F)(F)CC1)c1cncc(F)c1)CO2. The number of ether oxygens (including phenoxy) is 1. The minimum Gasteiger partial charge on any atom is -0.373 e. The summed E-state index contributed by atoms with van der Waals surface area (Å²) in [6.45, 7) is -0.342. The predicted molar refractivity (Wildman–Crippen MR) is 137 cm³/mol. The number of rotatable bonds is 7. The Kier molecular flexibility index (Phi) is 6.93. The van der Waals surface area contributed by atoms with Gasteiger partial charge in [0.1, 0.15) is 16.8 Å². The highest BCUT2D eigenvalue weighted by atomic mass is 32.5.